The van der Waals surface area contributed by atoms with Gasteiger partial charge in [-0.2, -0.15) is 8.42 Å². The average Bonchev–Trinajstić information content (AvgIpc) is 2.82. The van der Waals surface area contributed by atoms with Crippen molar-refractivity contribution < 1.29 is 31.4 Å². The van der Waals surface area contributed by atoms with E-state index in [-0.39, 0.29) is 23.5 Å². The molecule has 0 saturated carbocycles. The highest BCUT2D eigenvalue weighted by atomic mass is 32.3. The smallest absolute Gasteiger partial charge is 0.398 e. The van der Waals surface area contributed by atoms with E-state index in [2.05, 4.69) is 4.18 Å². The number of aromatic hydroxyl groups is 1. The number of phenols is 1. The maximum Gasteiger partial charge on any atom is 0.398 e. The molecule has 0 unspecified atom stereocenters. The third kappa shape index (κ3) is 2.90. The number of benzene rings is 1. The fraction of sp³-hybridized carbons (Fsp3) is 0.357. The van der Waals surface area contributed by atoms with Gasteiger partial charge in [0.25, 0.3) is 0 Å². The summed E-state index contributed by atoms with van der Waals surface area (Å²) in [6.45, 7) is 2.88. The van der Waals surface area contributed by atoms with Gasteiger partial charge in [-0.3, -0.25) is 4.55 Å². The van der Waals surface area contributed by atoms with Crippen molar-refractivity contribution in [1.82, 2.24) is 0 Å². The number of fused-ring (bicyclic) bond motifs is 2. The fourth-order valence-corrected chi connectivity index (χ4v) is 3.26. The third-order valence-electron chi connectivity index (χ3n) is 3.68. The van der Waals surface area contributed by atoms with E-state index >= 15 is 0 Å². The average molecular weight is 342 g/mol. The predicted molar refractivity (Wildman–Crippen MR) is 79.0 cm³/mol. The number of ether oxygens (including phenoxy) is 1. The van der Waals surface area contributed by atoms with Gasteiger partial charge in [-0.1, -0.05) is 0 Å². The molecule has 124 valence electrons. The van der Waals surface area contributed by atoms with E-state index in [4.69, 9.17) is 13.7 Å². The summed E-state index contributed by atoms with van der Waals surface area (Å²) in [5, 5.41) is 10.8. The minimum atomic E-state index is -4.66. The van der Waals surface area contributed by atoms with Crippen LogP contribution < -0.4 is 10.4 Å². The maximum atomic E-state index is 11.3. The van der Waals surface area contributed by atoms with Crippen molar-refractivity contribution in [2.75, 3.05) is 0 Å². The zero-order chi connectivity index (χ0) is 17.0. The fourth-order valence-electron chi connectivity index (χ4n) is 2.61. The van der Waals surface area contributed by atoms with Gasteiger partial charge in [0, 0.05) is 23.4 Å². The standard InChI is InChI=1S/C14H14O8S/c1-14(2,22-23(17,18)19)9-6-8-5-7-3-4-10(15)21-12(7)11(16)13(8)20-9/h3-5,9,16H,6H2,1-2H3,(H,17,18,19)/t9-/m0/s1. The van der Waals surface area contributed by atoms with Gasteiger partial charge >= 0.3 is 16.0 Å². The molecule has 9 heteroatoms. The molecule has 1 atom stereocenters. The molecule has 0 fully saturated rings. The largest absolute Gasteiger partial charge is 0.502 e. The third-order valence-corrected chi connectivity index (χ3v) is 4.32. The second-order valence-corrected chi connectivity index (χ2v) is 6.83. The zero-order valence-corrected chi connectivity index (χ0v) is 13.1. The number of phenolic OH excluding ortho intramolecular Hbond substituents is 1. The monoisotopic (exact) mass is 342 g/mol. The van der Waals surface area contributed by atoms with Crippen molar-refractivity contribution in [2.24, 2.45) is 0 Å². The van der Waals surface area contributed by atoms with Crippen molar-refractivity contribution in [3.05, 3.63) is 34.2 Å². The first-order chi connectivity index (χ1) is 10.6. The first-order valence-electron chi connectivity index (χ1n) is 6.70. The molecular weight excluding hydrogens is 328 g/mol. The Morgan fingerprint density at radius 1 is 1.35 bits per heavy atom. The zero-order valence-electron chi connectivity index (χ0n) is 12.3. The second-order valence-electron chi connectivity index (χ2n) is 5.81. The van der Waals surface area contributed by atoms with E-state index in [0.717, 1.165) is 0 Å². The summed E-state index contributed by atoms with van der Waals surface area (Å²) < 4.78 is 46.0. The molecule has 2 heterocycles. The van der Waals surface area contributed by atoms with Crippen LogP contribution in [0.15, 0.2) is 27.4 Å². The van der Waals surface area contributed by atoms with Crippen LogP contribution in [0.25, 0.3) is 11.0 Å². The Morgan fingerprint density at radius 3 is 2.70 bits per heavy atom. The Labute approximate surface area is 131 Å². The molecule has 2 aromatic rings. The van der Waals surface area contributed by atoms with Crippen LogP contribution in [0, 0.1) is 0 Å². The summed E-state index contributed by atoms with van der Waals surface area (Å²) in [5.74, 6) is -0.232. The van der Waals surface area contributed by atoms with Crippen molar-refractivity contribution in [2.45, 2.75) is 32.0 Å². The number of hydrogen-bond acceptors (Lipinski definition) is 7. The summed E-state index contributed by atoms with van der Waals surface area (Å²) in [6.07, 6.45) is -0.519. The Balaban J connectivity index is 2.03. The van der Waals surface area contributed by atoms with Crippen LogP contribution in [-0.4, -0.2) is 29.8 Å². The molecule has 23 heavy (non-hydrogen) atoms. The molecule has 1 aliphatic heterocycles. The first kappa shape index (κ1) is 15.8. The lowest BCUT2D eigenvalue weighted by Gasteiger charge is -2.28. The Morgan fingerprint density at radius 2 is 2.04 bits per heavy atom. The van der Waals surface area contributed by atoms with E-state index in [1.165, 1.54) is 26.0 Å². The van der Waals surface area contributed by atoms with Crippen LogP contribution in [0.1, 0.15) is 19.4 Å². The van der Waals surface area contributed by atoms with Crippen LogP contribution in [-0.2, 0) is 21.0 Å². The van der Waals surface area contributed by atoms with Crippen molar-refractivity contribution >= 4 is 21.4 Å². The van der Waals surface area contributed by atoms with E-state index in [0.29, 0.717) is 10.9 Å². The quantitative estimate of drug-likeness (QED) is 0.634. The Hall–Kier alpha value is -2.10. The lowest BCUT2D eigenvalue weighted by molar-refractivity contribution is -0.00526. The van der Waals surface area contributed by atoms with Crippen LogP contribution in [0.2, 0.25) is 0 Å². The Bertz CT molecular complexity index is 941. The summed E-state index contributed by atoms with van der Waals surface area (Å²) in [5.41, 5.74) is -1.38. The molecule has 0 aliphatic carbocycles. The Kier molecular flexibility index (Phi) is 3.40. The van der Waals surface area contributed by atoms with Crippen molar-refractivity contribution in [1.29, 1.82) is 0 Å². The second kappa shape index (κ2) is 4.95. The molecule has 1 aliphatic rings. The summed E-state index contributed by atoms with van der Waals surface area (Å²) in [6, 6.07) is 4.41. The summed E-state index contributed by atoms with van der Waals surface area (Å²) in [7, 11) is -4.66. The lowest BCUT2D eigenvalue weighted by atomic mass is 9.97. The molecular formula is C14H14O8S. The molecule has 0 bridgehead atoms. The van der Waals surface area contributed by atoms with Gasteiger partial charge in [-0.25, -0.2) is 8.98 Å². The van der Waals surface area contributed by atoms with Crippen molar-refractivity contribution in [3.63, 3.8) is 0 Å². The van der Waals surface area contributed by atoms with Gasteiger partial charge in [0.1, 0.15) is 11.7 Å². The SMILES string of the molecule is CC(C)(OS(=O)(=O)O)[C@@H]1Cc2cc3ccc(=O)oc3c(O)c2O1. The topological polar surface area (TPSA) is 123 Å². The molecule has 0 amide bonds. The molecule has 0 spiro atoms. The minimum absolute atomic E-state index is 0.00888. The van der Waals surface area contributed by atoms with Gasteiger partial charge < -0.3 is 14.3 Å². The highest BCUT2D eigenvalue weighted by Gasteiger charge is 2.42. The minimum Gasteiger partial charge on any atom is -0.502 e. The molecule has 0 saturated heterocycles. The van der Waals surface area contributed by atoms with Gasteiger partial charge in [0.2, 0.25) is 5.75 Å². The van der Waals surface area contributed by atoms with E-state index in [9.17, 15) is 18.3 Å². The lowest BCUT2D eigenvalue weighted by Crippen LogP contribution is -2.43. The maximum absolute atomic E-state index is 11.3. The van der Waals surface area contributed by atoms with Gasteiger partial charge in [0.05, 0.1) is 0 Å². The highest BCUT2D eigenvalue weighted by molar-refractivity contribution is 7.80. The van der Waals surface area contributed by atoms with Gasteiger partial charge in [0.15, 0.2) is 11.3 Å². The van der Waals surface area contributed by atoms with Crippen LogP contribution in [0.5, 0.6) is 11.5 Å². The van der Waals surface area contributed by atoms with Gasteiger partial charge in [-0.15, -0.1) is 0 Å². The molecule has 8 nitrogen and oxygen atoms in total. The van der Waals surface area contributed by atoms with E-state index < -0.39 is 27.7 Å². The van der Waals surface area contributed by atoms with Crippen LogP contribution in [0.3, 0.4) is 0 Å². The highest BCUT2D eigenvalue weighted by Crippen LogP contribution is 2.44. The normalized spacial score (nSPS) is 18.0. The summed E-state index contributed by atoms with van der Waals surface area (Å²) in [4.78, 5) is 11.3. The van der Waals surface area contributed by atoms with Gasteiger partial charge in [-0.05, 0) is 26.0 Å². The van der Waals surface area contributed by atoms with E-state index in [1.54, 1.807) is 6.07 Å². The summed E-state index contributed by atoms with van der Waals surface area (Å²) >= 11 is 0. The number of hydrogen-bond donors (Lipinski definition) is 2. The molecule has 0 radical (unpaired) electrons. The molecule has 3 rings (SSSR count). The van der Waals surface area contributed by atoms with Crippen LogP contribution >= 0.6 is 0 Å². The van der Waals surface area contributed by atoms with E-state index in [1.807, 2.05) is 0 Å². The van der Waals surface area contributed by atoms with Crippen molar-refractivity contribution in [3.8, 4) is 11.5 Å². The predicted octanol–water partition coefficient (Wildman–Crippen LogP) is 1.40. The molecule has 1 aromatic carbocycles. The molecule has 2 N–H and O–H groups in total. The number of rotatable bonds is 3. The first-order valence-corrected chi connectivity index (χ1v) is 8.07. The molecule has 1 aromatic heterocycles. The van der Waals surface area contributed by atoms with Crippen LogP contribution in [0.4, 0.5) is 0 Å².